The third-order valence-corrected chi connectivity index (χ3v) is 9.73. The van der Waals surface area contributed by atoms with E-state index in [1.54, 1.807) is 18.2 Å². The molecule has 2 aliphatic heterocycles. The number of aromatic nitrogens is 1. The van der Waals surface area contributed by atoms with Gasteiger partial charge in [0.1, 0.15) is 0 Å². The van der Waals surface area contributed by atoms with Crippen LogP contribution in [0.2, 0.25) is 0 Å². The van der Waals surface area contributed by atoms with Gasteiger partial charge < -0.3 is 9.72 Å². The van der Waals surface area contributed by atoms with Gasteiger partial charge in [0.2, 0.25) is 10.0 Å². The summed E-state index contributed by atoms with van der Waals surface area (Å²) in [5.74, 6) is -0.839. The summed E-state index contributed by atoms with van der Waals surface area (Å²) in [6.07, 6.45) is 3.86. The molecule has 2 atom stereocenters. The van der Waals surface area contributed by atoms with Crippen LogP contribution in [0.4, 0.5) is 0 Å². The van der Waals surface area contributed by atoms with E-state index < -0.39 is 15.9 Å². The summed E-state index contributed by atoms with van der Waals surface area (Å²) in [6.45, 7) is 11.7. The topological polar surface area (TPSA) is 104 Å². The van der Waals surface area contributed by atoms with Crippen molar-refractivity contribution in [1.29, 1.82) is 0 Å². The van der Waals surface area contributed by atoms with E-state index in [1.165, 1.54) is 0 Å². The predicted molar refractivity (Wildman–Crippen MR) is 149 cm³/mol. The summed E-state index contributed by atoms with van der Waals surface area (Å²) < 4.78 is 29.2. The van der Waals surface area contributed by atoms with Crippen LogP contribution >= 0.6 is 15.9 Å². The number of rotatable bonds is 7. The Morgan fingerprint density at radius 3 is 2.49 bits per heavy atom. The van der Waals surface area contributed by atoms with Gasteiger partial charge in [-0.15, -0.1) is 0 Å². The molecule has 0 bridgehead atoms. The van der Waals surface area contributed by atoms with E-state index >= 15 is 0 Å². The number of sulfonamides is 1. The van der Waals surface area contributed by atoms with Crippen molar-refractivity contribution in [3.05, 3.63) is 51.3 Å². The average molecular weight is 593 g/mol. The first-order valence-corrected chi connectivity index (χ1v) is 14.9. The second-order valence-electron chi connectivity index (χ2n) is 9.78. The number of aliphatic imine (C=N–C) groups is 1. The Balaban J connectivity index is 1.59. The number of hydrogen-bond donors (Lipinski definition) is 1. The zero-order chi connectivity index (χ0) is 27.1. The summed E-state index contributed by atoms with van der Waals surface area (Å²) >= 11 is 3.56. The molecule has 2 aliphatic rings. The predicted octanol–water partition coefficient (Wildman–Crippen LogP) is 3.33. The van der Waals surface area contributed by atoms with Gasteiger partial charge in [-0.25, -0.2) is 13.4 Å². The Kier molecular flexibility index (Phi) is 8.08. The first kappa shape index (κ1) is 27.7. The quantitative estimate of drug-likeness (QED) is 0.532. The lowest BCUT2D eigenvalue weighted by atomic mass is 9.95. The van der Waals surface area contributed by atoms with Crippen LogP contribution in [-0.4, -0.2) is 78.0 Å². The molecule has 37 heavy (non-hydrogen) atoms. The van der Waals surface area contributed by atoms with Gasteiger partial charge in [-0.3, -0.25) is 14.5 Å². The number of hydrogen-bond acceptors (Lipinski definition) is 5. The lowest BCUT2D eigenvalue weighted by Gasteiger charge is -2.38. The molecule has 11 heteroatoms. The number of amides is 2. The highest BCUT2D eigenvalue weighted by molar-refractivity contribution is 9.10. The van der Waals surface area contributed by atoms with E-state index in [-0.39, 0.29) is 30.2 Å². The van der Waals surface area contributed by atoms with Crippen LogP contribution < -0.4 is 5.32 Å². The number of carbonyl (C=O) groups is 2. The number of allylic oxidation sites excluding steroid dienone is 1. The molecule has 2 unspecified atom stereocenters. The van der Waals surface area contributed by atoms with Gasteiger partial charge in [-0.2, -0.15) is 4.31 Å². The molecule has 0 aromatic carbocycles. The van der Waals surface area contributed by atoms with Crippen LogP contribution in [0.25, 0.3) is 5.52 Å². The molecule has 2 aromatic rings. The van der Waals surface area contributed by atoms with Gasteiger partial charge in [0.25, 0.3) is 11.8 Å². The van der Waals surface area contributed by atoms with E-state index in [0.717, 1.165) is 26.8 Å². The van der Waals surface area contributed by atoms with Crippen molar-refractivity contribution in [3.8, 4) is 0 Å². The van der Waals surface area contributed by atoms with Crippen molar-refractivity contribution in [2.45, 2.75) is 40.7 Å². The third-order valence-electron chi connectivity index (χ3n) is 7.41. The van der Waals surface area contributed by atoms with E-state index in [9.17, 15) is 18.0 Å². The third kappa shape index (κ3) is 5.59. The highest BCUT2D eigenvalue weighted by atomic mass is 79.9. The lowest BCUT2D eigenvalue weighted by molar-refractivity contribution is -0.120. The monoisotopic (exact) mass is 591 g/mol. The molecule has 1 N–H and O–H groups in total. The standard InChI is InChI=1S/C26H34BrN5O4S/c1-6-37(35,36)31-9-7-30(8-10-31)19(5)24-18(4)22(13-21-12-20(27)15-32(21)24)25(33)28-14-23-16(2)11-17(3)29-26(23)34/h11-13,15,19,23H,6-10,14H2,1-5H3,(H,28,33). The van der Waals surface area contributed by atoms with Crippen molar-refractivity contribution >= 4 is 49.0 Å². The van der Waals surface area contributed by atoms with Crippen molar-refractivity contribution < 1.29 is 18.0 Å². The van der Waals surface area contributed by atoms with Crippen LogP contribution in [0.1, 0.15) is 55.4 Å². The molecule has 0 radical (unpaired) electrons. The summed E-state index contributed by atoms with van der Waals surface area (Å²) in [5.41, 5.74) is 4.82. The molecule has 4 heterocycles. The highest BCUT2D eigenvalue weighted by Crippen LogP contribution is 2.31. The molecule has 200 valence electrons. The second kappa shape index (κ2) is 10.8. The number of carbonyl (C=O) groups excluding carboxylic acids is 2. The Labute approximate surface area is 226 Å². The van der Waals surface area contributed by atoms with Crippen molar-refractivity contribution in [2.75, 3.05) is 38.5 Å². The van der Waals surface area contributed by atoms with Gasteiger partial charge in [0, 0.05) is 71.9 Å². The SMILES string of the molecule is CCS(=O)(=O)N1CCN(C(C)c2c(C)c(C(=O)NCC3C(=O)N=C(C)C=C3C)cc3cc(Br)cn23)CC1. The van der Waals surface area contributed by atoms with Crippen LogP contribution in [0.5, 0.6) is 0 Å². The number of fused-ring (bicyclic) bond motifs is 1. The highest BCUT2D eigenvalue weighted by Gasteiger charge is 2.31. The molecule has 1 fully saturated rings. The molecule has 2 amide bonds. The summed E-state index contributed by atoms with van der Waals surface area (Å²) in [5, 5.41) is 2.95. The molecule has 1 saturated heterocycles. The van der Waals surface area contributed by atoms with Gasteiger partial charge in [0.15, 0.2) is 0 Å². The summed E-state index contributed by atoms with van der Waals surface area (Å²) in [7, 11) is -3.21. The van der Waals surface area contributed by atoms with Gasteiger partial charge in [-0.05, 0) is 74.3 Å². The largest absolute Gasteiger partial charge is 0.351 e. The molecule has 0 spiro atoms. The van der Waals surface area contributed by atoms with Gasteiger partial charge in [0.05, 0.1) is 11.7 Å². The fourth-order valence-corrected chi connectivity index (χ4v) is 6.79. The molecule has 0 saturated carbocycles. The fraction of sp³-hybridized carbons (Fsp3) is 0.500. The maximum atomic E-state index is 13.4. The molecular weight excluding hydrogens is 558 g/mol. The Morgan fingerprint density at radius 2 is 1.86 bits per heavy atom. The Bertz CT molecular complexity index is 1400. The normalized spacial score (nSPS) is 20.6. The Morgan fingerprint density at radius 1 is 1.19 bits per heavy atom. The number of piperazine rings is 1. The van der Waals surface area contributed by atoms with E-state index in [4.69, 9.17) is 0 Å². The maximum Gasteiger partial charge on any atom is 0.254 e. The fourth-order valence-electron chi connectivity index (χ4n) is 5.26. The summed E-state index contributed by atoms with van der Waals surface area (Å²) in [6, 6.07) is 3.78. The number of pyridine rings is 1. The number of nitrogens with zero attached hydrogens (tertiary/aromatic N) is 4. The van der Waals surface area contributed by atoms with Crippen molar-refractivity contribution in [3.63, 3.8) is 0 Å². The minimum absolute atomic E-state index is 0.0524. The number of halogens is 1. The maximum absolute atomic E-state index is 13.4. The van der Waals surface area contributed by atoms with Crippen molar-refractivity contribution in [2.24, 2.45) is 10.9 Å². The minimum Gasteiger partial charge on any atom is -0.351 e. The van der Waals surface area contributed by atoms with Crippen LogP contribution in [0, 0.1) is 12.8 Å². The summed E-state index contributed by atoms with van der Waals surface area (Å²) in [4.78, 5) is 32.1. The van der Waals surface area contributed by atoms with E-state index in [2.05, 4.69) is 42.5 Å². The molecule has 4 rings (SSSR count). The van der Waals surface area contributed by atoms with Crippen LogP contribution in [0.15, 0.2) is 39.4 Å². The molecule has 2 aromatic heterocycles. The number of dihydropyridines is 1. The second-order valence-corrected chi connectivity index (χ2v) is 12.9. The Hall–Kier alpha value is -2.34. The number of nitrogens with one attached hydrogen (secondary N) is 1. The first-order valence-electron chi connectivity index (χ1n) is 12.5. The van der Waals surface area contributed by atoms with Gasteiger partial charge >= 0.3 is 0 Å². The van der Waals surface area contributed by atoms with Gasteiger partial charge in [-0.1, -0.05) is 5.57 Å². The van der Waals surface area contributed by atoms with E-state index in [0.29, 0.717) is 37.5 Å². The molecule has 9 nitrogen and oxygen atoms in total. The van der Waals surface area contributed by atoms with E-state index in [1.807, 2.05) is 38.3 Å². The smallest absolute Gasteiger partial charge is 0.254 e. The van der Waals surface area contributed by atoms with Crippen molar-refractivity contribution in [1.82, 2.24) is 18.9 Å². The van der Waals surface area contributed by atoms with Crippen LogP contribution in [0.3, 0.4) is 0 Å². The molecular formula is C26H34BrN5O4S. The van der Waals surface area contributed by atoms with Crippen LogP contribution in [-0.2, 0) is 14.8 Å². The zero-order valence-corrected chi connectivity index (χ0v) is 24.3. The minimum atomic E-state index is -3.21. The molecule has 0 aliphatic carbocycles. The average Bonchev–Trinajstić information content (AvgIpc) is 3.22. The lowest BCUT2D eigenvalue weighted by Crippen LogP contribution is -2.49. The first-order chi connectivity index (χ1) is 17.4. The zero-order valence-electron chi connectivity index (χ0n) is 21.9.